The molecule has 20 heavy (non-hydrogen) atoms. The van der Waals surface area contributed by atoms with E-state index in [2.05, 4.69) is 29.5 Å². The number of aromatic nitrogens is 2. The summed E-state index contributed by atoms with van der Waals surface area (Å²) in [4.78, 5) is 0. The lowest BCUT2D eigenvalue weighted by Gasteiger charge is -2.05. The fraction of sp³-hybridized carbons (Fsp3) is 0.312. The minimum absolute atomic E-state index is 0.672. The molecule has 1 aromatic carbocycles. The summed E-state index contributed by atoms with van der Waals surface area (Å²) < 4.78 is 8.01. The number of rotatable bonds is 4. The molecule has 0 spiro atoms. The maximum atomic E-state index is 6.02. The van der Waals surface area contributed by atoms with E-state index < -0.39 is 0 Å². The molecule has 3 rings (SSSR count). The van der Waals surface area contributed by atoms with E-state index in [1.54, 1.807) is 0 Å². The van der Waals surface area contributed by atoms with Gasteiger partial charge >= 0.3 is 0 Å². The third-order valence-electron chi connectivity index (χ3n) is 3.53. The molecule has 0 fully saturated rings. The van der Waals surface area contributed by atoms with Gasteiger partial charge in [-0.15, -0.1) is 0 Å². The topological polar surface area (TPSA) is 43.0 Å². The monoisotopic (exact) mass is 269 g/mol. The fourth-order valence-electron chi connectivity index (χ4n) is 2.62. The van der Waals surface area contributed by atoms with Crippen molar-refractivity contribution in [1.29, 1.82) is 0 Å². The van der Waals surface area contributed by atoms with Crippen LogP contribution in [-0.2, 0) is 13.1 Å². The Bertz CT molecular complexity index is 739. The van der Waals surface area contributed by atoms with Crippen molar-refractivity contribution in [2.45, 2.75) is 26.9 Å². The van der Waals surface area contributed by atoms with E-state index in [9.17, 15) is 0 Å². The number of hydrogen-bond acceptors (Lipinski definition) is 3. The van der Waals surface area contributed by atoms with Crippen LogP contribution in [0.5, 0.6) is 0 Å². The van der Waals surface area contributed by atoms with E-state index in [0.29, 0.717) is 6.54 Å². The molecule has 0 unspecified atom stereocenters. The number of nitrogens with one attached hydrogen (secondary N) is 1. The molecule has 3 aromatic rings. The van der Waals surface area contributed by atoms with Crippen LogP contribution in [0, 0.1) is 13.8 Å². The first-order chi connectivity index (χ1) is 9.69. The lowest BCUT2D eigenvalue weighted by molar-refractivity contribution is 0.496. The molecule has 0 aliphatic rings. The molecule has 1 N–H and O–H groups in total. The molecule has 4 heteroatoms. The van der Waals surface area contributed by atoms with Gasteiger partial charge in [0.15, 0.2) is 0 Å². The summed E-state index contributed by atoms with van der Waals surface area (Å²) in [7, 11) is 1.95. The fourth-order valence-corrected chi connectivity index (χ4v) is 2.62. The molecule has 4 nitrogen and oxygen atoms in total. The van der Waals surface area contributed by atoms with Crippen molar-refractivity contribution in [1.82, 2.24) is 15.1 Å². The van der Waals surface area contributed by atoms with Crippen molar-refractivity contribution in [3.8, 4) is 0 Å². The van der Waals surface area contributed by atoms with Crippen LogP contribution in [0.25, 0.3) is 11.0 Å². The largest absolute Gasteiger partial charge is 0.459 e. The van der Waals surface area contributed by atoms with Crippen molar-refractivity contribution in [3.05, 3.63) is 53.0 Å². The second-order valence-corrected chi connectivity index (χ2v) is 5.12. The van der Waals surface area contributed by atoms with Gasteiger partial charge in [0.1, 0.15) is 11.3 Å². The van der Waals surface area contributed by atoms with Gasteiger partial charge in [-0.05, 0) is 33.0 Å². The average molecular weight is 269 g/mol. The number of furan rings is 1. The lowest BCUT2D eigenvalue weighted by atomic mass is 10.1. The minimum atomic E-state index is 0.672. The molecule has 0 radical (unpaired) electrons. The molecule has 0 saturated carbocycles. The number of nitrogens with zero attached hydrogens (tertiary/aromatic N) is 2. The minimum Gasteiger partial charge on any atom is -0.459 e. The van der Waals surface area contributed by atoms with Gasteiger partial charge in [-0.2, -0.15) is 5.10 Å². The van der Waals surface area contributed by atoms with Gasteiger partial charge in [0.05, 0.1) is 12.2 Å². The second kappa shape index (κ2) is 5.13. The van der Waals surface area contributed by atoms with Gasteiger partial charge in [-0.3, -0.25) is 4.68 Å². The third kappa shape index (κ3) is 2.23. The van der Waals surface area contributed by atoms with E-state index >= 15 is 0 Å². The van der Waals surface area contributed by atoms with Crippen molar-refractivity contribution < 1.29 is 4.42 Å². The summed E-state index contributed by atoms with van der Waals surface area (Å²) in [6.45, 7) is 5.55. The Balaban J connectivity index is 2.06. The summed E-state index contributed by atoms with van der Waals surface area (Å²) in [6.07, 6.45) is 0. The molecule has 0 aliphatic heterocycles. The number of fused-ring (bicyclic) bond motifs is 1. The molecule has 2 aromatic heterocycles. The summed E-state index contributed by atoms with van der Waals surface area (Å²) in [5, 5.41) is 8.91. The van der Waals surface area contributed by atoms with E-state index in [0.717, 1.165) is 29.3 Å². The van der Waals surface area contributed by atoms with Crippen LogP contribution in [0.3, 0.4) is 0 Å². The molecule has 0 aliphatic carbocycles. The summed E-state index contributed by atoms with van der Waals surface area (Å²) in [6, 6.07) is 10.3. The Labute approximate surface area is 118 Å². The van der Waals surface area contributed by atoms with Gasteiger partial charge in [0, 0.05) is 23.2 Å². The van der Waals surface area contributed by atoms with Gasteiger partial charge in [0.25, 0.3) is 0 Å². The normalized spacial score (nSPS) is 11.3. The van der Waals surface area contributed by atoms with E-state index in [4.69, 9.17) is 4.42 Å². The first-order valence-corrected chi connectivity index (χ1v) is 6.84. The zero-order chi connectivity index (χ0) is 14.1. The van der Waals surface area contributed by atoms with Crippen LogP contribution in [0.1, 0.15) is 22.7 Å². The average Bonchev–Trinajstić information content (AvgIpc) is 2.92. The van der Waals surface area contributed by atoms with Crippen molar-refractivity contribution >= 4 is 11.0 Å². The van der Waals surface area contributed by atoms with Crippen LogP contribution in [0.15, 0.2) is 34.7 Å². The van der Waals surface area contributed by atoms with Crippen LogP contribution in [-0.4, -0.2) is 16.8 Å². The summed E-state index contributed by atoms with van der Waals surface area (Å²) in [5.41, 5.74) is 4.34. The first kappa shape index (κ1) is 12.9. The predicted molar refractivity (Wildman–Crippen MR) is 79.8 cm³/mol. The van der Waals surface area contributed by atoms with E-state index in [1.165, 1.54) is 10.9 Å². The Morgan fingerprint density at radius 1 is 1.25 bits per heavy atom. The Morgan fingerprint density at radius 3 is 2.75 bits per heavy atom. The van der Waals surface area contributed by atoms with Crippen molar-refractivity contribution in [3.63, 3.8) is 0 Å². The molecule has 2 heterocycles. The highest BCUT2D eigenvalue weighted by Crippen LogP contribution is 2.26. The van der Waals surface area contributed by atoms with Gasteiger partial charge in [-0.25, -0.2) is 0 Å². The predicted octanol–water partition coefficient (Wildman–Crippen LogP) is 3.01. The van der Waals surface area contributed by atoms with Crippen molar-refractivity contribution in [2.24, 2.45) is 0 Å². The molecule has 0 amide bonds. The van der Waals surface area contributed by atoms with Crippen LogP contribution in [0.4, 0.5) is 0 Å². The number of aryl methyl sites for hydroxylation is 2. The molecule has 0 bridgehead atoms. The van der Waals surface area contributed by atoms with Crippen LogP contribution >= 0.6 is 0 Å². The van der Waals surface area contributed by atoms with Gasteiger partial charge in [0.2, 0.25) is 0 Å². The summed E-state index contributed by atoms with van der Waals surface area (Å²) >= 11 is 0. The maximum Gasteiger partial charge on any atom is 0.134 e. The zero-order valence-corrected chi connectivity index (χ0v) is 12.1. The van der Waals surface area contributed by atoms with E-state index in [1.807, 2.05) is 36.9 Å². The van der Waals surface area contributed by atoms with Gasteiger partial charge in [-0.1, -0.05) is 18.2 Å². The molecule has 0 atom stereocenters. The van der Waals surface area contributed by atoms with E-state index in [-0.39, 0.29) is 0 Å². The molecular formula is C16H19N3O. The quantitative estimate of drug-likeness (QED) is 0.791. The highest BCUT2D eigenvalue weighted by Gasteiger charge is 2.14. The van der Waals surface area contributed by atoms with Crippen molar-refractivity contribution in [2.75, 3.05) is 7.05 Å². The molecule has 0 saturated heterocycles. The highest BCUT2D eigenvalue weighted by molar-refractivity contribution is 5.82. The first-order valence-electron chi connectivity index (χ1n) is 6.84. The summed E-state index contributed by atoms with van der Waals surface area (Å²) in [5.74, 6) is 0.978. The second-order valence-electron chi connectivity index (χ2n) is 5.12. The van der Waals surface area contributed by atoms with Crippen LogP contribution < -0.4 is 5.32 Å². The Morgan fingerprint density at radius 2 is 2.05 bits per heavy atom. The number of hydrogen-bond donors (Lipinski definition) is 1. The zero-order valence-electron chi connectivity index (χ0n) is 12.1. The lowest BCUT2D eigenvalue weighted by Crippen LogP contribution is -2.10. The Hall–Kier alpha value is -2.07. The Kier molecular flexibility index (Phi) is 3.32. The molecule has 104 valence electrons. The maximum absolute atomic E-state index is 6.02. The highest BCUT2D eigenvalue weighted by atomic mass is 16.3. The SMILES string of the molecule is CNCc1c(Cn2nc(C)cc2C)oc2ccccc12. The standard InChI is InChI=1S/C16H19N3O/c1-11-8-12(2)19(18-11)10-16-14(9-17-3)13-6-4-5-7-15(13)20-16/h4-8,17H,9-10H2,1-3H3. The number of benzene rings is 1. The molecular weight excluding hydrogens is 250 g/mol. The van der Waals surface area contributed by atoms with Gasteiger partial charge < -0.3 is 9.73 Å². The van der Waals surface area contributed by atoms with Crippen LogP contribution in [0.2, 0.25) is 0 Å². The smallest absolute Gasteiger partial charge is 0.134 e. The third-order valence-corrected chi connectivity index (χ3v) is 3.53. The number of para-hydroxylation sites is 1.